The fourth-order valence-corrected chi connectivity index (χ4v) is 3.18. The lowest BCUT2D eigenvalue weighted by Gasteiger charge is -2.21. The van der Waals surface area contributed by atoms with Gasteiger partial charge in [0, 0.05) is 38.7 Å². The van der Waals surface area contributed by atoms with Gasteiger partial charge in [-0.3, -0.25) is 4.99 Å². The standard InChI is InChI=1S/C18H22FN5OS/c1-12(25-4)17-23-15(11-26-17)10-24(3)18(21-2)22-9-14-7-13(8-20)5-6-16(14)19/h5-7,11-12H,9-10H2,1-4H3,(H,21,22). The molecule has 1 aromatic heterocycles. The number of aromatic nitrogens is 1. The van der Waals surface area contributed by atoms with Gasteiger partial charge < -0.3 is 15.0 Å². The molecule has 6 nitrogen and oxygen atoms in total. The highest BCUT2D eigenvalue weighted by Gasteiger charge is 2.13. The van der Waals surface area contributed by atoms with E-state index in [2.05, 4.69) is 15.3 Å². The van der Waals surface area contributed by atoms with E-state index in [1.54, 1.807) is 25.5 Å². The predicted octanol–water partition coefficient (Wildman–Crippen LogP) is 3.07. The minimum absolute atomic E-state index is 0.0353. The summed E-state index contributed by atoms with van der Waals surface area (Å²) in [7, 11) is 5.21. The fraction of sp³-hybridized carbons (Fsp3) is 0.389. The van der Waals surface area contributed by atoms with E-state index in [1.165, 1.54) is 18.2 Å². The molecule has 1 heterocycles. The van der Waals surface area contributed by atoms with E-state index in [1.807, 2.05) is 30.3 Å². The van der Waals surface area contributed by atoms with Crippen molar-refractivity contribution < 1.29 is 9.13 Å². The van der Waals surface area contributed by atoms with Gasteiger partial charge in [0.05, 0.1) is 23.9 Å². The minimum Gasteiger partial charge on any atom is -0.375 e. The Hall–Kier alpha value is -2.50. The summed E-state index contributed by atoms with van der Waals surface area (Å²) in [5.74, 6) is 0.258. The largest absolute Gasteiger partial charge is 0.375 e. The Labute approximate surface area is 157 Å². The highest BCUT2D eigenvalue weighted by atomic mass is 32.1. The van der Waals surface area contributed by atoms with Crippen molar-refractivity contribution in [1.82, 2.24) is 15.2 Å². The molecular weight excluding hydrogens is 353 g/mol. The van der Waals surface area contributed by atoms with Crippen LogP contribution >= 0.6 is 11.3 Å². The van der Waals surface area contributed by atoms with Crippen LogP contribution < -0.4 is 5.32 Å². The zero-order valence-corrected chi connectivity index (χ0v) is 16.1. The zero-order chi connectivity index (χ0) is 19.1. The first-order valence-corrected chi connectivity index (χ1v) is 8.93. The monoisotopic (exact) mass is 375 g/mol. The fourth-order valence-electron chi connectivity index (χ4n) is 2.34. The number of methoxy groups -OCH3 is 1. The van der Waals surface area contributed by atoms with Gasteiger partial charge in [0.15, 0.2) is 5.96 Å². The Kier molecular flexibility index (Phi) is 7.06. The van der Waals surface area contributed by atoms with E-state index < -0.39 is 0 Å². The molecule has 1 unspecified atom stereocenters. The van der Waals surface area contributed by atoms with E-state index in [0.717, 1.165) is 10.7 Å². The topological polar surface area (TPSA) is 73.5 Å². The summed E-state index contributed by atoms with van der Waals surface area (Å²) < 4.78 is 19.2. The summed E-state index contributed by atoms with van der Waals surface area (Å²) >= 11 is 1.56. The van der Waals surface area contributed by atoms with Crippen molar-refractivity contribution in [3.8, 4) is 6.07 Å². The maximum atomic E-state index is 13.9. The van der Waals surface area contributed by atoms with Crippen LogP contribution in [0.2, 0.25) is 0 Å². The van der Waals surface area contributed by atoms with Gasteiger partial charge in [0.25, 0.3) is 0 Å². The van der Waals surface area contributed by atoms with E-state index in [-0.39, 0.29) is 18.5 Å². The molecule has 0 fully saturated rings. The van der Waals surface area contributed by atoms with Crippen LogP contribution in [0.3, 0.4) is 0 Å². The molecule has 0 bridgehead atoms. The van der Waals surface area contributed by atoms with E-state index >= 15 is 0 Å². The summed E-state index contributed by atoms with van der Waals surface area (Å²) in [6, 6.07) is 6.31. The molecule has 0 aliphatic heterocycles. The van der Waals surface area contributed by atoms with Crippen molar-refractivity contribution in [1.29, 1.82) is 5.26 Å². The number of halogens is 1. The molecule has 0 saturated carbocycles. The van der Waals surface area contributed by atoms with Crippen molar-refractivity contribution in [3.63, 3.8) is 0 Å². The minimum atomic E-state index is -0.354. The summed E-state index contributed by atoms with van der Waals surface area (Å²) in [6.45, 7) is 2.76. The number of benzene rings is 1. The lowest BCUT2D eigenvalue weighted by atomic mass is 10.1. The SMILES string of the molecule is CN=C(NCc1cc(C#N)ccc1F)N(C)Cc1csc(C(C)OC)n1. The molecule has 0 radical (unpaired) electrons. The van der Waals surface area contributed by atoms with Gasteiger partial charge in [-0.2, -0.15) is 5.26 Å². The number of nitriles is 1. The van der Waals surface area contributed by atoms with Crippen LogP contribution in [0, 0.1) is 17.1 Å². The highest BCUT2D eigenvalue weighted by Crippen LogP contribution is 2.21. The highest BCUT2D eigenvalue weighted by molar-refractivity contribution is 7.09. The number of rotatable bonds is 6. The number of guanidine groups is 1. The van der Waals surface area contributed by atoms with Crippen LogP contribution in [0.1, 0.15) is 34.9 Å². The van der Waals surface area contributed by atoms with Crippen molar-refractivity contribution in [2.75, 3.05) is 21.2 Å². The second kappa shape index (κ2) is 9.27. The summed E-state index contributed by atoms with van der Waals surface area (Å²) in [6.07, 6.45) is -0.0353. The molecule has 0 aliphatic rings. The van der Waals surface area contributed by atoms with Crippen LogP contribution in [0.4, 0.5) is 4.39 Å². The molecular formula is C18H22FN5OS. The van der Waals surface area contributed by atoms with Crippen LogP contribution in [-0.2, 0) is 17.8 Å². The Morgan fingerprint density at radius 1 is 1.54 bits per heavy atom. The van der Waals surface area contributed by atoms with E-state index in [9.17, 15) is 4.39 Å². The van der Waals surface area contributed by atoms with Gasteiger partial charge in [-0.15, -0.1) is 11.3 Å². The Balaban J connectivity index is 2.00. The molecule has 1 N–H and O–H groups in total. The molecule has 1 atom stereocenters. The van der Waals surface area contributed by atoms with Crippen LogP contribution in [0.5, 0.6) is 0 Å². The maximum absolute atomic E-state index is 13.9. The molecule has 8 heteroatoms. The molecule has 2 rings (SSSR count). The first-order chi connectivity index (χ1) is 12.5. The average molecular weight is 375 g/mol. The normalized spacial score (nSPS) is 12.5. The lowest BCUT2D eigenvalue weighted by Crippen LogP contribution is -2.38. The number of nitrogens with zero attached hydrogens (tertiary/aromatic N) is 4. The number of hydrogen-bond donors (Lipinski definition) is 1. The second-order valence-electron chi connectivity index (χ2n) is 5.73. The van der Waals surface area contributed by atoms with E-state index in [0.29, 0.717) is 23.6 Å². The number of aliphatic imine (C=N–C) groups is 1. The molecule has 0 spiro atoms. The Morgan fingerprint density at radius 3 is 2.96 bits per heavy atom. The average Bonchev–Trinajstić information content (AvgIpc) is 3.11. The lowest BCUT2D eigenvalue weighted by molar-refractivity contribution is 0.119. The molecule has 0 saturated heterocycles. The second-order valence-corrected chi connectivity index (χ2v) is 6.62. The van der Waals surface area contributed by atoms with Gasteiger partial charge in [0.1, 0.15) is 16.9 Å². The summed E-state index contributed by atoms with van der Waals surface area (Å²) in [5, 5.41) is 15.0. The summed E-state index contributed by atoms with van der Waals surface area (Å²) in [4.78, 5) is 10.7. The third-order valence-electron chi connectivity index (χ3n) is 3.86. The number of hydrogen-bond acceptors (Lipinski definition) is 5. The smallest absolute Gasteiger partial charge is 0.194 e. The van der Waals surface area contributed by atoms with Crippen LogP contribution in [0.25, 0.3) is 0 Å². The molecule has 1 aromatic carbocycles. The number of nitrogens with one attached hydrogen (secondary N) is 1. The predicted molar refractivity (Wildman–Crippen MR) is 100 cm³/mol. The van der Waals surface area contributed by atoms with Gasteiger partial charge >= 0.3 is 0 Å². The number of ether oxygens (including phenoxy) is 1. The Morgan fingerprint density at radius 2 is 2.31 bits per heavy atom. The Bertz CT molecular complexity index is 814. The van der Waals surface area contributed by atoms with Crippen molar-refractivity contribution in [2.24, 2.45) is 4.99 Å². The van der Waals surface area contributed by atoms with Crippen LogP contribution in [-0.4, -0.2) is 37.0 Å². The summed E-state index contributed by atoms with van der Waals surface area (Å²) in [5.41, 5.74) is 1.76. The van der Waals surface area contributed by atoms with Gasteiger partial charge in [0.2, 0.25) is 0 Å². The van der Waals surface area contributed by atoms with Crippen molar-refractivity contribution >= 4 is 17.3 Å². The van der Waals surface area contributed by atoms with Gasteiger partial charge in [-0.25, -0.2) is 9.37 Å². The van der Waals surface area contributed by atoms with Gasteiger partial charge in [-0.1, -0.05) is 0 Å². The molecule has 138 valence electrons. The van der Waals surface area contributed by atoms with Gasteiger partial charge in [-0.05, 0) is 25.1 Å². The first-order valence-electron chi connectivity index (χ1n) is 8.05. The molecule has 2 aromatic rings. The third kappa shape index (κ3) is 5.00. The maximum Gasteiger partial charge on any atom is 0.194 e. The van der Waals surface area contributed by atoms with E-state index in [4.69, 9.17) is 10.00 Å². The van der Waals surface area contributed by atoms with Crippen LogP contribution in [0.15, 0.2) is 28.6 Å². The molecule has 0 aliphatic carbocycles. The third-order valence-corrected chi connectivity index (χ3v) is 4.91. The quantitative estimate of drug-likeness (QED) is 0.620. The molecule has 0 amide bonds. The first kappa shape index (κ1) is 19.8. The zero-order valence-electron chi connectivity index (χ0n) is 15.3. The number of thiazole rings is 1. The van der Waals surface area contributed by atoms with Crippen molar-refractivity contribution in [3.05, 3.63) is 51.2 Å². The molecule has 26 heavy (non-hydrogen) atoms. The van der Waals surface area contributed by atoms with Crippen molar-refractivity contribution in [2.45, 2.75) is 26.1 Å².